The Bertz CT molecular complexity index is 664. The van der Waals surface area contributed by atoms with Crippen LogP contribution in [0.4, 0.5) is 0 Å². The van der Waals surface area contributed by atoms with E-state index >= 15 is 0 Å². The SMILES string of the molecule is COc1ccc(CSS/C=C/CS(=O)Cc2ccc(C)cc2)cc1. The first-order valence-corrected chi connectivity index (χ1v) is 11.5. The molecule has 0 N–H and O–H groups in total. The molecular weight excluding hydrogens is 356 g/mol. The van der Waals surface area contributed by atoms with Crippen LogP contribution in [-0.2, 0) is 22.3 Å². The third kappa shape index (κ3) is 7.16. The number of aryl methyl sites for hydroxylation is 1. The highest BCUT2D eigenvalue weighted by Gasteiger charge is 2.00. The monoisotopic (exact) mass is 378 g/mol. The maximum absolute atomic E-state index is 12.0. The van der Waals surface area contributed by atoms with Crippen LogP contribution in [-0.4, -0.2) is 17.1 Å². The van der Waals surface area contributed by atoms with Crippen LogP contribution in [0.15, 0.2) is 60.0 Å². The van der Waals surface area contributed by atoms with Crippen LogP contribution < -0.4 is 4.74 Å². The molecule has 0 heterocycles. The van der Waals surface area contributed by atoms with Gasteiger partial charge in [0.2, 0.25) is 0 Å². The summed E-state index contributed by atoms with van der Waals surface area (Å²) in [6.07, 6.45) is 2.00. The molecule has 0 aliphatic rings. The summed E-state index contributed by atoms with van der Waals surface area (Å²) in [4.78, 5) is 0. The summed E-state index contributed by atoms with van der Waals surface area (Å²) in [6, 6.07) is 16.3. The van der Waals surface area contributed by atoms with Crippen molar-refractivity contribution in [2.75, 3.05) is 12.9 Å². The average molecular weight is 379 g/mol. The van der Waals surface area contributed by atoms with Gasteiger partial charge in [-0.25, -0.2) is 0 Å². The molecule has 24 heavy (non-hydrogen) atoms. The molecule has 0 fully saturated rings. The zero-order valence-corrected chi connectivity index (χ0v) is 16.4. The summed E-state index contributed by atoms with van der Waals surface area (Å²) < 4.78 is 17.2. The van der Waals surface area contributed by atoms with E-state index in [1.807, 2.05) is 23.6 Å². The van der Waals surface area contributed by atoms with E-state index in [1.54, 1.807) is 28.7 Å². The zero-order valence-electron chi connectivity index (χ0n) is 13.9. The van der Waals surface area contributed by atoms with E-state index < -0.39 is 10.8 Å². The van der Waals surface area contributed by atoms with Crippen molar-refractivity contribution in [3.05, 3.63) is 76.7 Å². The van der Waals surface area contributed by atoms with Gasteiger partial charge in [0.15, 0.2) is 0 Å². The van der Waals surface area contributed by atoms with E-state index in [9.17, 15) is 4.21 Å². The third-order valence-corrected chi connectivity index (χ3v) is 6.54. The van der Waals surface area contributed by atoms with Crippen molar-refractivity contribution in [1.29, 1.82) is 0 Å². The van der Waals surface area contributed by atoms with Gasteiger partial charge in [0.1, 0.15) is 5.75 Å². The van der Waals surface area contributed by atoms with Gasteiger partial charge in [0.05, 0.1) is 7.11 Å². The summed E-state index contributed by atoms with van der Waals surface area (Å²) in [7, 11) is 4.27. The van der Waals surface area contributed by atoms with E-state index in [0.717, 1.165) is 17.1 Å². The highest BCUT2D eigenvalue weighted by Crippen LogP contribution is 2.27. The molecule has 0 aromatic heterocycles. The Balaban J connectivity index is 1.63. The van der Waals surface area contributed by atoms with Crippen molar-refractivity contribution in [2.45, 2.75) is 18.4 Å². The molecule has 2 aromatic rings. The van der Waals surface area contributed by atoms with Gasteiger partial charge in [-0.15, -0.1) is 0 Å². The van der Waals surface area contributed by atoms with E-state index in [4.69, 9.17) is 4.74 Å². The highest BCUT2D eigenvalue weighted by molar-refractivity contribution is 8.77. The Morgan fingerprint density at radius 2 is 1.71 bits per heavy atom. The number of hydrogen-bond acceptors (Lipinski definition) is 4. The Morgan fingerprint density at radius 1 is 1.04 bits per heavy atom. The maximum Gasteiger partial charge on any atom is 0.118 e. The Kier molecular flexibility index (Phi) is 8.50. The summed E-state index contributed by atoms with van der Waals surface area (Å²) in [5, 5.41) is 2.03. The van der Waals surface area contributed by atoms with Gasteiger partial charge in [-0.05, 0) is 35.6 Å². The Hall–Kier alpha value is -1.17. The molecule has 0 aliphatic carbocycles. The molecule has 5 heteroatoms. The first-order valence-electron chi connectivity index (χ1n) is 7.64. The second-order valence-electron chi connectivity index (χ2n) is 5.31. The number of methoxy groups -OCH3 is 1. The lowest BCUT2D eigenvalue weighted by Gasteiger charge is -2.02. The Labute approximate surface area is 154 Å². The fourth-order valence-electron chi connectivity index (χ4n) is 1.98. The van der Waals surface area contributed by atoms with Gasteiger partial charge < -0.3 is 4.74 Å². The molecule has 2 rings (SSSR count). The van der Waals surface area contributed by atoms with Crippen LogP contribution in [0.25, 0.3) is 0 Å². The second kappa shape index (κ2) is 10.6. The lowest BCUT2D eigenvalue weighted by atomic mass is 10.2. The van der Waals surface area contributed by atoms with Crippen LogP contribution in [0.2, 0.25) is 0 Å². The minimum Gasteiger partial charge on any atom is -0.497 e. The zero-order chi connectivity index (χ0) is 17.2. The molecule has 0 saturated heterocycles. The van der Waals surface area contributed by atoms with Crippen molar-refractivity contribution in [3.63, 3.8) is 0 Å². The van der Waals surface area contributed by atoms with Crippen LogP contribution in [0.5, 0.6) is 5.75 Å². The Morgan fingerprint density at radius 3 is 2.38 bits per heavy atom. The molecule has 0 aliphatic heterocycles. The van der Waals surface area contributed by atoms with Gasteiger partial charge >= 0.3 is 0 Å². The molecule has 128 valence electrons. The molecule has 0 spiro atoms. The standard InChI is InChI=1S/C19H22O2S3/c1-16-4-6-18(7-5-16)15-24(20)13-3-12-22-23-14-17-8-10-19(21-2)11-9-17/h3-12H,13-15H2,1-2H3/b12-3+. The quantitative estimate of drug-likeness (QED) is 0.434. The van der Waals surface area contributed by atoms with Crippen molar-refractivity contribution >= 4 is 32.4 Å². The predicted molar refractivity (Wildman–Crippen MR) is 109 cm³/mol. The topological polar surface area (TPSA) is 26.3 Å². The largest absolute Gasteiger partial charge is 0.497 e. The maximum atomic E-state index is 12.0. The van der Waals surface area contributed by atoms with E-state index in [-0.39, 0.29) is 0 Å². The first-order chi connectivity index (χ1) is 11.7. The summed E-state index contributed by atoms with van der Waals surface area (Å²) >= 11 is 0. The van der Waals surface area contributed by atoms with Crippen LogP contribution >= 0.6 is 21.6 Å². The predicted octanol–water partition coefficient (Wildman–Crippen LogP) is 5.35. The van der Waals surface area contributed by atoms with Gasteiger partial charge in [-0.2, -0.15) is 0 Å². The first kappa shape index (κ1) is 19.2. The molecule has 0 radical (unpaired) electrons. The molecule has 0 saturated carbocycles. The van der Waals surface area contributed by atoms with Crippen LogP contribution in [0.3, 0.4) is 0 Å². The summed E-state index contributed by atoms with van der Waals surface area (Å²) in [5.41, 5.74) is 3.63. The highest BCUT2D eigenvalue weighted by atomic mass is 33.1. The van der Waals surface area contributed by atoms with Crippen LogP contribution in [0.1, 0.15) is 16.7 Å². The average Bonchev–Trinajstić information content (AvgIpc) is 2.60. The lowest BCUT2D eigenvalue weighted by molar-refractivity contribution is 0.414. The van der Waals surface area contributed by atoms with Gasteiger partial charge in [-0.1, -0.05) is 69.6 Å². The molecule has 1 unspecified atom stereocenters. The number of ether oxygens (including phenoxy) is 1. The van der Waals surface area contributed by atoms with Crippen molar-refractivity contribution in [3.8, 4) is 5.75 Å². The van der Waals surface area contributed by atoms with Crippen molar-refractivity contribution < 1.29 is 8.95 Å². The van der Waals surface area contributed by atoms with Crippen molar-refractivity contribution in [2.24, 2.45) is 0 Å². The fourth-order valence-corrected chi connectivity index (χ4v) is 4.83. The normalized spacial score (nSPS) is 12.4. The van der Waals surface area contributed by atoms with Gasteiger partial charge in [0.25, 0.3) is 0 Å². The third-order valence-electron chi connectivity index (χ3n) is 3.33. The second-order valence-corrected chi connectivity index (χ2v) is 9.09. The molecule has 2 aromatic carbocycles. The molecule has 0 bridgehead atoms. The molecule has 2 nitrogen and oxygen atoms in total. The van der Waals surface area contributed by atoms with Gasteiger partial charge in [0, 0.05) is 28.1 Å². The van der Waals surface area contributed by atoms with E-state index in [2.05, 4.69) is 43.3 Å². The molecular formula is C19H22O2S3. The van der Waals surface area contributed by atoms with Crippen molar-refractivity contribution in [1.82, 2.24) is 0 Å². The summed E-state index contributed by atoms with van der Waals surface area (Å²) in [5.74, 6) is 3.04. The van der Waals surface area contributed by atoms with Crippen LogP contribution in [0, 0.1) is 6.92 Å². The van der Waals surface area contributed by atoms with E-state index in [0.29, 0.717) is 11.5 Å². The molecule has 0 amide bonds. The van der Waals surface area contributed by atoms with Gasteiger partial charge in [-0.3, -0.25) is 4.21 Å². The minimum absolute atomic E-state index is 0.601. The smallest absolute Gasteiger partial charge is 0.118 e. The number of hydrogen-bond donors (Lipinski definition) is 0. The lowest BCUT2D eigenvalue weighted by Crippen LogP contribution is -1.98. The fraction of sp³-hybridized carbons (Fsp3) is 0.263. The minimum atomic E-state index is -0.846. The summed E-state index contributed by atoms with van der Waals surface area (Å²) in [6.45, 7) is 2.06. The number of benzene rings is 2. The molecule has 1 atom stereocenters. The van der Waals surface area contributed by atoms with E-state index in [1.165, 1.54) is 11.1 Å². The number of rotatable bonds is 9.